The summed E-state index contributed by atoms with van der Waals surface area (Å²) in [4.78, 5) is 5.45. The Labute approximate surface area is 698 Å². The lowest BCUT2D eigenvalue weighted by Crippen LogP contribution is -2.61. The van der Waals surface area contributed by atoms with Crippen LogP contribution in [0.15, 0.2) is 283 Å². The van der Waals surface area contributed by atoms with Crippen molar-refractivity contribution in [3.05, 3.63) is 318 Å². The minimum atomic E-state index is -0.308. The molecule has 0 fully saturated rings. The van der Waals surface area contributed by atoms with E-state index in [4.69, 9.17) is 4.42 Å². The largest absolute Gasteiger partial charge is 0.456 e. The number of hydrogen-bond acceptors (Lipinski definition) is 3. The van der Waals surface area contributed by atoms with Crippen LogP contribution in [0.2, 0.25) is 0 Å². The zero-order chi connectivity index (χ0) is 82.6. The summed E-state index contributed by atoms with van der Waals surface area (Å²) in [5, 5.41) is 7.07. The van der Waals surface area contributed by atoms with Gasteiger partial charge in [0.2, 0.25) is 0 Å². The van der Waals surface area contributed by atoms with E-state index in [0.29, 0.717) is 0 Å². The average molecular weight is 1540 g/mol. The van der Waals surface area contributed by atoms with Gasteiger partial charge in [-0.2, -0.15) is 0 Å². The Morgan fingerprint density at radius 3 is 1.07 bits per heavy atom. The highest BCUT2D eigenvalue weighted by molar-refractivity contribution is 7.00. The fourth-order valence-corrected chi connectivity index (χ4v) is 18.8. The van der Waals surface area contributed by atoms with Crippen molar-refractivity contribution in [1.82, 2.24) is 9.13 Å². The highest BCUT2D eigenvalue weighted by Crippen LogP contribution is 2.56. The highest BCUT2D eigenvalue weighted by atomic mass is 16.3. The molecule has 14 aromatic carbocycles. The van der Waals surface area contributed by atoms with Crippen LogP contribution in [0.25, 0.3) is 121 Å². The van der Waals surface area contributed by atoms with Crippen molar-refractivity contribution >= 4 is 123 Å². The van der Waals surface area contributed by atoms with Gasteiger partial charge >= 0.3 is 0 Å². The van der Waals surface area contributed by atoms with Gasteiger partial charge in [-0.1, -0.05) is 315 Å². The van der Waals surface area contributed by atoms with Gasteiger partial charge in [0.15, 0.2) is 0 Å². The van der Waals surface area contributed by atoms with Gasteiger partial charge in [-0.3, -0.25) is 0 Å². The van der Waals surface area contributed by atoms with Crippen molar-refractivity contribution < 1.29 is 4.42 Å². The van der Waals surface area contributed by atoms with Crippen molar-refractivity contribution in [3.63, 3.8) is 0 Å². The molecule has 5 nitrogen and oxygen atoms in total. The van der Waals surface area contributed by atoms with Gasteiger partial charge in [0.25, 0.3) is 6.71 Å². The minimum Gasteiger partial charge on any atom is -0.456 e. The molecular weight excluding hydrogens is 1430 g/mol. The molecule has 0 spiro atoms. The molecule has 5 heterocycles. The van der Waals surface area contributed by atoms with E-state index in [0.717, 1.165) is 117 Å². The van der Waals surface area contributed by atoms with Crippen LogP contribution < -0.4 is 26.2 Å². The van der Waals surface area contributed by atoms with Crippen LogP contribution >= 0.6 is 0 Å². The van der Waals surface area contributed by atoms with E-state index < -0.39 is 0 Å². The van der Waals surface area contributed by atoms with E-state index in [2.05, 4.69) is 443 Å². The number of furan rings is 1. The SMILES string of the molecule is CC(C)(C)c1cc(-c2ccc3c(c2)N(c2c(-c4ccccc4)cc(C(C)(C)C)cc2-c2ccccc2)c2cc(-n4c5ccc(C(C)(C)C)cc5c5cc(C(C)(C)C)ccc54)cc4c2B3c2ccc(-n3c5ccc(C(C)(C)C)cc5c5cc(C(C)(C)C)ccc53)cc2N4c2cc(-c3ccccc3)cc3oc4ccccc4c23)cc(C(C)(C)C)c1. The fourth-order valence-electron chi connectivity index (χ4n) is 18.8. The molecule has 0 aliphatic carbocycles. The number of hydrogen-bond donors (Lipinski definition) is 0. The van der Waals surface area contributed by atoms with E-state index in [1.807, 2.05) is 0 Å². The average Bonchev–Trinajstić information content (AvgIpc) is 1.33. The van der Waals surface area contributed by atoms with Crippen LogP contribution in [0.3, 0.4) is 0 Å². The van der Waals surface area contributed by atoms with Gasteiger partial charge in [0, 0.05) is 66.5 Å². The monoisotopic (exact) mass is 1540 g/mol. The van der Waals surface area contributed by atoms with E-state index in [1.54, 1.807) is 0 Å². The Kier molecular flexibility index (Phi) is 17.3. The molecule has 2 aliphatic heterocycles. The van der Waals surface area contributed by atoms with E-state index in [-0.39, 0.29) is 44.6 Å². The smallest absolute Gasteiger partial charge is 0.252 e. The van der Waals surface area contributed by atoms with Crippen LogP contribution in [0.5, 0.6) is 0 Å². The van der Waals surface area contributed by atoms with Crippen molar-refractivity contribution in [1.29, 1.82) is 0 Å². The van der Waals surface area contributed by atoms with Crippen molar-refractivity contribution in [3.8, 4) is 55.9 Å². The lowest BCUT2D eigenvalue weighted by Gasteiger charge is -2.45. The molecule has 3 aromatic heterocycles. The number of anilines is 6. The second kappa shape index (κ2) is 26.8. The third-order valence-corrected chi connectivity index (χ3v) is 25.7. The van der Waals surface area contributed by atoms with E-state index >= 15 is 0 Å². The summed E-state index contributed by atoms with van der Waals surface area (Å²) >= 11 is 0. The summed E-state index contributed by atoms with van der Waals surface area (Å²) in [6.45, 7) is 49.1. The van der Waals surface area contributed by atoms with Gasteiger partial charge in [0.05, 0.1) is 44.5 Å². The molecule has 6 heteroatoms. The van der Waals surface area contributed by atoms with Crippen LogP contribution in [0.1, 0.15) is 184 Å². The summed E-state index contributed by atoms with van der Waals surface area (Å²) in [7, 11) is 0. The number of rotatable bonds is 8. The van der Waals surface area contributed by atoms with Gasteiger partial charge in [0.1, 0.15) is 11.2 Å². The van der Waals surface area contributed by atoms with Gasteiger partial charge < -0.3 is 23.4 Å². The summed E-state index contributed by atoms with van der Waals surface area (Å²) < 4.78 is 12.5. The Morgan fingerprint density at radius 1 is 0.237 bits per heavy atom. The zero-order valence-electron chi connectivity index (χ0n) is 72.8. The first-order valence-electron chi connectivity index (χ1n) is 42.6. The van der Waals surface area contributed by atoms with Crippen LogP contribution in [0.4, 0.5) is 34.1 Å². The summed E-state index contributed by atoms with van der Waals surface area (Å²) in [5.74, 6) is 0. The molecule has 17 aromatic rings. The fraction of sp³-hybridized carbons (Fsp3) is 0.250. The van der Waals surface area contributed by atoms with Crippen molar-refractivity contribution in [2.75, 3.05) is 9.80 Å². The van der Waals surface area contributed by atoms with E-state index in [9.17, 15) is 0 Å². The Hall–Kier alpha value is -11.9. The third-order valence-electron chi connectivity index (χ3n) is 25.7. The molecule has 0 unspecified atom stereocenters. The number of aromatic nitrogens is 2. The Bertz CT molecular complexity index is 6720. The lowest BCUT2D eigenvalue weighted by atomic mass is 9.33. The zero-order valence-corrected chi connectivity index (χ0v) is 72.8. The maximum Gasteiger partial charge on any atom is 0.252 e. The number of nitrogens with zero attached hydrogens (tertiary/aromatic N) is 4. The molecule has 0 saturated carbocycles. The van der Waals surface area contributed by atoms with Gasteiger partial charge in [-0.15, -0.1) is 0 Å². The van der Waals surface area contributed by atoms with Gasteiger partial charge in [-0.25, -0.2) is 0 Å². The summed E-state index contributed by atoms with van der Waals surface area (Å²) in [5.41, 5.74) is 36.0. The van der Waals surface area contributed by atoms with Crippen molar-refractivity contribution in [2.45, 2.75) is 183 Å². The Morgan fingerprint density at radius 2 is 0.610 bits per heavy atom. The number of benzene rings is 14. The molecule has 0 atom stereocenters. The molecule has 0 radical (unpaired) electrons. The molecule has 0 saturated heterocycles. The highest BCUT2D eigenvalue weighted by Gasteiger charge is 2.46. The maximum atomic E-state index is 7.31. The Balaban J connectivity index is 1.03. The molecule has 586 valence electrons. The van der Waals surface area contributed by atoms with Gasteiger partial charge in [-0.05, 0) is 236 Å². The van der Waals surface area contributed by atoms with Crippen LogP contribution in [-0.4, -0.2) is 15.8 Å². The molecule has 19 rings (SSSR count). The first-order valence-corrected chi connectivity index (χ1v) is 42.6. The molecule has 118 heavy (non-hydrogen) atoms. The quantitative estimate of drug-likeness (QED) is 0.142. The van der Waals surface area contributed by atoms with E-state index in [1.165, 1.54) is 93.5 Å². The predicted octanol–water partition coefficient (Wildman–Crippen LogP) is 29.6. The summed E-state index contributed by atoms with van der Waals surface area (Å²) in [6.07, 6.45) is 0. The normalized spacial score (nSPS) is 13.6. The number of fused-ring (bicyclic) bond motifs is 13. The third kappa shape index (κ3) is 12.7. The van der Waals surface area contributed by atoms with Crippen molar-refractivity contribution in [2.24, 2.45) is 0 Å². The topological polar surface area (TPSA) is 29.5 Å². The molecular formula is C112H109BN4O. The maximum absolute atomic E-state index is 7.31. The molecule has 0 N–H and O–H groups in total. The predicted molar refractivity (Wildman–Crippen MR) is 509 cm³/mol. The minimum absolute atomic E-state index is 0.0803. The first kappa shape index (κ1) is 76.1. The summed E-state index contributed by atoms with van der Waals surface area (Å²) in [6, 6.07) is 109. The number of para-hydroxylation sites is 1. The first-order chi connectivity index (χ1) is 55.9. The van der Waals surface area contributed by atoms with Crippen LogP contribution in [-0.2, 0) is 37.9 Å². The lowest BCUT2D eigenvalue weighted by molar-refractivity contribution is 0.569. The standard InChI is InChI=1S/C112H109BN4O/c1-106(2,3)74-42-49-92-86(59-74)87-60-75(107(4,5)6)43-50-93(87)114(92)81-46-48-91-97(65-81)116(98-56-73(68-33-25-22-26-34-68)57-102-103(98)83-39-31-32-40-101(83)118-102)99-66-82(115-94-51-44-76(108(7,8)9)61-88(94)89-62-77(109(10,11)12)45-52-95(89)115)67-100-104(99)113(91)90-47-41-71(72-53-78(110(13,14)15)58-79(54-72)111(16,17)18)55-96(90)117(100)105-84(69-35-27-23-28-36-69)63-80(112(19,20)21)64-85(105)70-37-29-24-30-38-70/h22-67H,1-21H3. The second-order valence-corrected chi connectivity index (χ2v) is 41.2. The molecule has 2 aliphatic rings. The second-order valence-electron chi connectivity index (χ2n) is 41.2. The van der Waals surface area contributed by atoms with Crippen LogP contribution in [0, 0.1) is 0 Å². The molecule has 0 bridgehead atoms. The molecule has 0 amide bonds.